The molecule has 1 aliphatic rings. The normalized spacial score (nSPS) is 15.3. The van der Waals surface area contributed by atoms with Crippen LogP contribution in [0.5, 0.6) is 5.75 Å². The van der Waals surface area contributed by atoms with Crippen LogP contribution in [-0.2, 0) is 12.7 Å². The van der Waals surface area contributed by atoms with Gasteiger partial charge in [0.2, 0.25) is 5.89 Å². The van der Waals surface area contributed by atoms with E-state index in [4.69, 9.17) is 20.8 Å². The Kier molecular flexibility index (Phi) is 6.06. The lowest BCUT2D eigenvalue weighted by molar-refractivity contribution is -0.137. The largest absolute Gasteiger partial charge is 0.497 e. The van der Waals surface area contributed by atoms with Crippen molar-refractivity contribution in [3.63, 3.8) is 0 Å². The van der Waals surface area contributed by atoms with Crippen LogP contribution in [0.2, 0.25) is 5.02 Å². The molecule has 3 aromatic rings. The summed E-state index contributed by atoms with van der Waals surface area (Å²) in [5, 5.41) is 0.00362. The topological polar surface area (TPSA) is 54.6 Å². The molecule has 0 atom stereocenters. The molecule has 4 rings (SSSR count). The predicted octanol–water partition coefficient (Wildman–Crippen LogP) is 4.74. The first-order chi connectivity index (χ1) is 14.8. The molecule has 10 heteroatoms. The highest BCUT2D eigenvalue weighted by atomic mass is 35.5. The van der Waals surface area contributed by atoms with Crippen molar-refractivity contribution in [2.75, 3.05) is 38.2 Å². The molecule has 1 saturated heterocycles. The van der Waals surface area contributed by atoms with Gasteiger partial charge in [0.05, 0.1) is 23.4 Å². The van der Waals surface area contributed by atoms with Gasteiger partial charge in [0.15, 0.2) is 0 Å². The van der Waals surface area contributed by atoms with Crippen molar-refractivity contribution >= 4 is 17.4 Å². The number of anilines is 1. The third kappa shape index (κ3) is 4.94. The third-order valence-electron chi connectivity index (χ3n) is 5.10. The Labute approximate surface area is 182 Å². The highest BCUT2D eigenvalue weighted by molar-refractivity contribution is 6.33. The molecule has 0 N–H and O–H groups in total. The maximum absolute atomic E-state index is 12.8. The molecule has 0 spiro atoms. The number of alkyl halides is 3. The molecule has 0 saturated carbocycles. The molecule has 1 aliphatic heterocycles. The van der Waals surface area contributed by atoms with Gasteiger partial charge in [-0.2, -0.15) is 13.2 Å². The summed E-state index contributed by atoms with van der Waals surface area (Å²) in [6.45, 7) is 3.21. The number of hydrogen-bond donors (Lipinski definition) is 0. The van der Waals surface area contributed by atoms with Crippen molar-refractivity contribution in [1.82, 2.24) is 14.9 Å². The number of rotatable bonds is 5. The molecule has 31 heavy (non-hydrogen) atoms. The Bertz CT molecular complexity index is 1030. The molecule has 6 nitrogen and oxygen atoms in total. The van der Waals surface area contributed by atoms with E-state index in [1.165, 1.54) is 0 Å². The number of methoxy groups -OCH3 is 1. The fourth-order valence-corrected chi connectivity index (χ4v) is 3.70. The van der Waals surface area contributed by atoms with E-state index in [-0.39, 0.29) is 5.02 Å². The Morgan fingerprint density at radius 3 is 2.45 bits per heavy atom. The van der Waals surface area contributed by atoms with E-state index < -0.39 is 11.7 Å². The second-order valence-electron chi connectivity index (χ2n) is 7.16. The van der Waals surface area contributed by atoms with Crippen LogP contribution in [0, 0.1) is 0 Å². The molecule has 0 amide bonds. The van der Waals surface area contributed by atoms with Gasteiger partial charge < -0.3 is 14.1 Å². The minimum atomic E-state index is -4.46. The van der Waals surface area contributed by atoms with Gasteiger partial charge in [-0.25, -0.2) is 9.97 Å². The molecule has 0 unspecified atom stereocenters. The lowest BCUT2D eigenvalue weighted by Crippen LogP contribution is -2.46. The lowest BCUT2D eigenvalue weighted by Gasteiger charge is -2.35. The quantitative estimate of drug-likeness (QED) is 0.557. The number of oxazole rings is 1. The van der Waals surface area contributed by atoms with Crippen LogP contribution >= 0.6 is 11.6 Å². The maximum Gasteiger partial charge on any atom is 0.417 e. The van der Waals surface area contributed by atoms with Gasteiger partial charge in [-0.15, -0.1) is 0 Å². The molecule has 164 valence electrons. The summed E-state index contributed by atoms with van der Waals surface area (Å²) in [4.78, 5) is 12.6. The number of benzene rings is 1. The van der Waals surface area contributed by atoms with E-state index in [2.05, 4.69) is 14.9 Å². The highest BCUT2D eigenvalue weighted by Crippen LogP contribution is 2.33. The van der Waals surface area contributed by atoms with E-state index in [9.17, 15) is 13.2 Å². The van der Waals surface area contributed by atoms with Crippen molar-refractivity contribution in [3.05, 3.63) is 59.1 Å². The Morgan fingerprint density at radius 1 is 1.13 bits per heavy atom. The molecular weight excluding hydrogens is 433 g/mol. The van der Waals surface area contributed by atoms with Crippen molar-refractivity contribution in [2.24, 2.45) is 0 Å². The summed E-state index contributed by atoms with van der Waals surface area (Å²) in [6, 6.07) is 8.38. The molecule has 0 radical (unpaired) electrons. The fourth-order valence-electron chi connectivity index (χ4n) is 3.41. The number of aromatic nitrogens is 2. The van der Waals surface area contributed by atoms with Crippen LogP contribution in [0.15, 0.2) is 47.2 Å². The average Bonchev–Trinajstić information content (AvgIpc) is 3.22. The van der Waals surface area contributed by atoms with Gasteiger partial charge in [0.25, 0.3) is 0 Å². The zero-order valence-corrected chi connectivity index (χ0v) is 17.5. The van der Waals surface area contributed by atoms with E-state index in [1.54, 1.807) is 13.4 Å². The number of hydrogen-bond acceptors (Lipinski definition) is 6. The minimum Gasteiger partial charge on any atom is -0.497 e. The maximum atomic E-state index is 12.8. The van der Waals surface area contributed by atoms with Gasteiger partial charge in [-0.3, -0.25) is 4.90 Å². The Hall–Kier alpha value is -2.78. The monoisotopic (exact) mass is 452 g/mol. The smallest absolute Gasteiger partial charge is 0.417 e. The summed E-state index contributed by atoms with van der Waals surface area (Å²) < 4.78 is 49.2. The molecule has 1 aromatic carbocycles. The van der Waals surface area contributed by atoms with Crippen molar-refractivity contribution in [2.45, 2.75) is 12.7 Å². The van der Waals surface area contributed by atoms with E-state index in [1.807, 2.05) is 29.2 Å². The standard InChI is InChI=1S/C21H20ClF3N4O2/c1-30-17-4-2-14(3-5-17)20-27-16(13-31-20)12-28-6-8-29(9-7-28)19-18(22)10-15(11-26-19)21(23,24)25/h2-5,10-11,13H,6-9,12H2,1H3. The van der Waals surface area contributed by atoms with Crippen molar-refractivity contribution in [3.8, 4) is 17.2 Å². The van der Waals surface area contributed by atoms with Gasteiger partial charge in [-0.05, 0) is 30.3 Å². The van der Waals surface area contributed by atoms with Gasteiger partial charge >= 0.3 is 6.18 Å². The molecule has 3 heterocycles. The second-order valence-corrected chi connectivity index (χ2v) is 7.57. The number of pyridine rings is 1. The van der Waals surface area contributed by atoms with E-state index in [0.717, 1.165) is 29.3 Å². The third-order valence-corrected chi connectivity index (χ3v) is 5.37. The number of ether oxygens (including phenoxy) is 1. The first-order valence-electron chi connectivity index (χ1n) is 9.62. The van der Waals surface area contributed by atoms with E-state index in [0.29, 0.717) is 44.4 Å². The van der Waals surface area contributed by atoms with E-state index >= 15 is 0 Å². The number of piperazine rings is 1. The van der Waals surface area contributed by atoms with Gasteiger partial charge in [0.1, 0.15) is 17.8 Å². The van der Waals surface area contributed by atoms with Crippen LogP contribution in [0.1, 0.15) is 11.3 Å². The average molecular weight is 453 g/mol. The van der Waals surface area contributed by atoms with Crippen LogP contribution in [-0.4, -0.2) is 48.2 Å². The van der Waals surface area contributed by atoms with Crippen LogP contribution < -0.4 is 9.64 Å². The first-order valence-corrected chi connectivity index (χ1v) is 10.00. The summed E-state index contributed by atoms with van der Waals surface area (Å²) in [6.07, 6.45) is -2.00. The van der Waals surface area contributed by atoms with Crippen molar-refractivity contribution < 1.29 is 22.3 Å². The highest BCUT2D eigenvalue weighted by Gasteiger charge is 2.32. The zero-order valence-electron chi connectivity index (χ0n) is 16.7. The van der Waals surface area contributed by atoms with Gasteiger partial charge in [-0.1, -0.05) is 11.6 Å². The Balaban J connectivity index is 1.35. The fraction of sp³-hybridized carbons (Fsp3) is 0.333. The van der Waals surface area contributed by atoms with Gasteiger partial charge in [0, 0.05) is 44.5 Å². The SMILES string of the molecule is COc1ccc(-c2nc(CN3CCN(c4ncc(C(F)(F)F)cc4Cl)CC3)co2)cc1. The summed E-state index contributed by atoms with van der Waals surface area (Å²) in [5.41, 5.74) is 0.823. The predicted molar refractivity (Wildman–Crippen MR) is 110 cm³/mol. The second kappa shape index (κ2) is 8.76. The molecule has 2 aromatic heterocycles. The number of nitrogens with zero attached hydrogens (tertiary/aromatic N) is 4. The molecule has 0 aliphatic carbocycles. The lowest BCUT2D eigenvalue weighted by atomic mass is 10.2. The number of halogens is 4. The summed E-state index contributed by atoms with van der Waals surface area (Å²) >= 11 is 6.07. The molecule has 0 bridgehead atoms. The summed E-state index contributed by atoms with van der Waals surface area (Å²) in [7, 11) is 1.61. The Morgan fingerprint density at radius 2 is 1.84 bits per heavy atom. The van der Waals surface area contributed by atoms with Crippen molar-refractivity contribution in [1.29, 1.82) is 0 Å². The molecule has 1 fully saturated rings. The first kappa shape index (κ1) is 21.5. The van der Waals surface area contributed by atoms with Crippen LogP contribution in [0.4, 0.5) is 19.0 Å². The van der Waals surface area contributed by atoms with Crippen LogP contribution in [0.25, 0.3) is 11.5 Å². The molecular formula is C21H20ClF3N4O2. The summed E-state index contributed by atoms with van der Waals surface area (Å²) in [5.74, 6) is 1.67. The zero-order chi connectivity index (χ0) is 22.0. The minimum absolute atomic E-state index is 0.00362. The van der Waals surface area contributed by atoms with Crippen LogP contribution in [0.3, 0.4) is 0 Å².